The number of aromatic nitrogens is 1. The van der Waals surface area contributed by atoms with Gasteiger partial charge in [-0.2, -0.15) is 0 Å². The van der Waals surface area contributed by atoms with Crippen LogP contribution in [0, 0.1) is 0 Å². The Labute approximate surface area is 155 Å². The molecule has 0 spiro atoms. The minimum absolute atomic E-state index is 0.0907. The number of esters is 1. The van der Waals surface area contributed by atoms with Crippen LogP contribution in [0.1, 0.15) is 42.2 Å². The summed E-state index contributed by atoms with van der Waals surface area (Å²) in [4.78, 5) is 29.1. The molecule has 1 amide bonds. The lowest BCUT2D eigenvalue weighted by molar-refractivity contribution is -0.125. The van der Waals surface area contributed by atoms with Crippen LogP contribution < -0.4 is 14.8 Å². The number of thiazole rings is 1. The number of hydrogen-bond donors (Lipinski definition) is 1. The molecule has 0 fully saturated rings. The second-order valence-electron chi connectivity index (χ2n) is 5.96. The molecule has 1 unspecified atom stereocenters. The molecule has 1 aliphatic rings. The topological polar surface area (TPSA) is 86.8 Å². The fourth-order valence-corrected chi connectivity index (χ4v) is 3.31. The van der Waals surface area contributed by atoms with Crippen LogP contribution in [-0.4, -0.2) is 36.2 Å². The number of nitrogens with zero attached hydrogens (tertiary/aromatic N) is 1. The number of hydrogen-bond acceptors (Lipinski definition) is 7. The summed E-state index contributed by atoms with van der Waals surface area (Å²) in [5.41, 5.74) is 0.117. The van der Waals surface area contributed by atoms with E-state index < -0.39 is 18.0 Å². The first-order valence-electron chi connectivity index (χ1n) is 8.36. The zero-order valence-corrected chi connectivity index (χ0v) is 15.6. The van der Waals surface area contributed by atoms with Crippen molar-refractivity contribution in [3.63, 3.8) is 0 Å². The summed E-state index contributed by atoms with van der Waals surface area (Å²) >= 11 is 1.26. The lowest BCUT2D eigenvalue weighted by atomic mass is 10.2. The van der Waals surface area contributed by atoms with Crippen molar-refractivity contribution >= 4 is 28.2 Å². The molecule has 0 saturated carbocycles. The van der Waals surface area contributed by atoms with Crippen molar-refractivity contribution < 1.29 is 23.8 Å². The van der Waals surface area contributed by atoms with Crippen molar-refractivity contribution in [2.45, 2.75) is 32.8 Å². The molecular weight excluding hydrogens is 356 g/mol. The van der Waals surface area contributed by atoms with Gasteiger partial charge in [0, 0.05) is 5.92 Å². The Bertz CT molecular complexity index is 818. The van der Waals surface area contributed by atoms with Gasteiger partial charge in [0.25, 0.3) is 5.91 Å². The third kappa shape index (κ3) is 3.80. The predicted molar refractivity (Wildman–Crippen MR) is 97.1 cm³/mol. The van der Waals surface area contributed by atoms with Crippen LogP contribution in [-0.2, 0) is 9.53 Å². The molecule has 2 heterocycles. The maximum Gasteiger partial charge on any atom is 0.360 e. The SMILES string of the molecule is CCOC(=O)c1nc(C(C)C)sc1NC(=O)C1COc2ccccc2O1. The van der Waals surface area contributed by atoms with Gasteiger partial charge in [0.2, 0.25) is 6.10 Å². The average molecular weight is 376 g/mol. The summed E-state index contributed by atoms with van der Waals surface area (Å²) in [7, 11) is 0. The predicted octanol–water partition coefficient (Wildman–Crippen LogP) is 3.22. The minimum atomic E-state index is -0.815. The largest absolute Gasteiger partial charge is 0.485 e. The summed E-state index contributed by atoms with van der Waals surface area (Å²) in [6.07, 6.45) is -0.815. The summed E-state index contributed by atoms with van der Waals surface area (Å²) in [6, 6.07) is 7.15. The van der Waals surface area contributed by atoms with Crippen LogP contribution in [0.15, 0.2) is 24.3 Å². The number of rotatable bonds is 5. The van der Waals surface area contributed by atoms with Crippen molar-refractivity contribution in [2.75, 3.05) is 18.5 Å². The number of carbonyl (C=O) groups is 2. The summed E-state index contributed by atoms with van der Waals surface area (Å²) in [5.74, 6) is 0.279. The van der Waals surface area contributed by atoms with E-state index in [1.54, 1.807) is 25.1 Å². The summed E-state index contributed by atoms with van der Waals surface area (Å²) in [5, 5.41) is 3.84. The molecule has 0 aliphatic carbocycles. The molecule has 3 rings (SSSR count). The molecule has 1 aliphatic heterocycles. The van der Waals surface area contributed by atoms with Crippen LogP contribution >= 0.6 is 11.3 Å². The highest BCUT2D eigenvalue weighted by atomic mass is 32.1. The first-order valence-corrected chi connectivity index (χ1v) is 9.18. The lowest BCUT2D eigenvalue weighted by Gasteiger charge is -2.25. The Morgan fingerprint density at radius 2 is 2.08 bits per heavy atom. The molecule has 7 nitrogen and oxygen atoms in total. The van der Waals surface area contributed by atoms with Crippen LogP contribution in [0.5, 0.6) is 11.5 Å². The molecule has 1 aromatic carbocycles. The highest BCUT2D eigenvalue weighted by Crippen LogP contribution is 2.33. The van der Waals surface area contributed by atoms with E-state index in [1.165, 1.54) is 11.3 Å². The molecule has 8 heteroatoms. The number of anilines is 1. The molecule has 0 radical (unpaired) electrons. The Hall–Kier alpha value is -2.61. The number of nitrogens with one attached hydrogen (secondary N) is 1. The fourth-order valence-electron chi connectivity index (χ4n) is 2.35. The smallest absolute Gasteiger partial charge is 0.360 e. The van der Waals surface area contributed by atoms with Gasteiger partial charge in [-0.25, -0.2) is 9.78 Å². The molecule has 1 N–H and O–H groups in total. The molecule has 2 aromatic rings. The van der Waals surface area contributed by atoms with Gasteiger partial charge in [-0.15, -0.1) is 11.3 Å². The minimum Gasteiger partial charge on any atom is -0.485 e. The molecular formula is C18H20N2O5S. The number of fused-ring (bicyclic) bond motifs is 1. The first kappa shape index (κ1) is 18.2. The average Bonchev–Trinajstić information content (AvgIpc) is 3.05. The second-order valence-corrected chi connectivity index (χ2v) is 6.99. The normalized spacial score (nSPS) is 15.6. The van der Waals surface area contributed by atoms with Gasteiger partial charge in [0.15, 0.2) is 17.2 Å². The maximum atomic E-state index is 12.6. The molecule has 138 valence electrons. The van der Waals surface area contributed by atoms with Gasteiger partial charge in [-0.05, 0) is 19.1 Å². The number of amides is 1. The Morgan fingerprint density at radius 3 is 2.77 bits per heavy atom. The maximum absolute atomic E-state index is 12.6. The van der Waals surface area contributed by atoms with Crippen LogP contribution in [0.2, 0.25) is 0 Å². The van der Waals surface area contributed by atoms with Crippen LogP contribution in [0.3, 0.4) is 0 Å². The Kier molecular flexibility index (Phi) is 5.41. The van der Waals surface area contributed by atoms with Gasteiger partial charge in [-0.3, -0.25) is 4.79 Å². The standard InChI is InChI=1S/C18H20N2O5S/c1-4-23-18(22)14-17(26-16(19-14)10(2)3)20-15(21)13-9-24-11-7-5-6-8-12(11)25-13/h5-8,10,13H,4,9H2,1-3H3,(H,20,21). The van der Waals surface area contributed by atoms with Crippen molar-refractivity contribution in [3.05, 3.63) is 35.0 Å². The zero-order chi connectivity index (χ0) is 18.7. The van der Waals surface area contributed by atoms with E-state index in [2.05, 4.69) is 10.3 Å². The molecule has 26 heavy (non-hydrogen) atoms. The van der Waals surface area contributed by atoms with E-state index in [1.807, 2.05) is 19.9 Å². The van der Waals surface area contributed by atoms with E-state index in [0.717, 1.165) is 5.01 Å². The van der Waals surface area contributed by atoms with Crippen molar-refractivity contribution in [1.29, 1.82) is 0 Å². The summed E-state index contributed by atoms with van der Waals surface area (Å²) < 4.78 is 16.3. The highest BCUT2D eigenvalue weighted by molar-refractivity contribution is 7.16. The number of para-hydroxylation sites is 2. The van der Waals surface area contributed by atoms with Gasteiger partial charge in [0.1, 0.15) is 11.6 Å². The number of ether oxygens (including phenoxy) is 3. The lowest BCUT2D eigenvalue weighted by Crippen LogP contribution is -2.40. The number of benzene rings is 1. The molecule has 0 saturated heterocycles. The van der Waals surface area contributed by atoms with E-state index >= 15 is 0 Å². The quantitative estimate of drug-likeness (QED) is 0.807. The molecule has 1 aromatic heterocycles. The van der Waals surface area contributed by atoms with E-state index in [0.29, 0.717) is 16.5 Å². The van der Waals surface area contributed by atoms with Crippen molar-refractivity contribution in [1.82, 2.24) is 4.98 Å². The monoisotopic (exact) mass is 376 g/mol. The van der Waals surface area contributed by atoms with Crippen molar-refractivity contribution in [2.24, 2.45) is 0 Å². The van der Waals surface area contributed by atoms with Crippen LogP contribution in [0.25, 0.3) is 0 Å². The van der Waals surface area contributed by atoms with E-state index in [9.17, 15) is 9.59 Å². The third-order valence-corrected chi connectivity index (χ3v) is 4.92. The highest BCUT2D eigenvalue weighted by Gasteiger charge is 2.30. The number of carbonyl (C=O) groups excluding carboxylic acids is 2. The first-order chi connectivity index (χ1) is 12.5. The second kappa shape index (κ2) is 7.74. The Balaban J connectivity index is 1.78. The van der Waals surface area contributed by atoms with Crippen molar-refractivity contribution in [3.8, 4) is 11.5 Å². The zero-order valence-electron chi connectivity index (χ0n) is 14.8. The van der Waals surface area contributed by atoms with Gasteiger partial charge in [-0.1, -0.05) is 26.0 Å². The van der Waals surface area contributed by atoms with E-state index in [4.69, 9.17) is 14.2 Å². The molecule has 1 atom stereocenters. The van der Waals surface area contributed by atoms with Gasteiger partial charge in [0.05, 0.1) is 11.6 Å². The van der Waals surface area contributed by atoms with E-state index in [-0.39, 0.29) is 24.8 Å². The fraction of sp³-hybridized carbons (Fsp3) is 0.389. The third-order valence-electron chi connectivity index (χ3n) is 3.64. The Morgan fingerprint density at radius 1 is 1.35 bits per heavy atom. The summed E-state index contributed by atoms with van der Waals surface area (Å²) in [6.45, 7) is 5.98. The van der Waals surface area contributed by atoms with Crippen LogP contribution in [0.4, 0.5) is 5.00 Å². The van der Waals surface area contributed by atoms with Gasteiger partial charge >= 0.3 is 5.97 Å². The van der Waals surface area contributed by atoms with Gasteiger partial charge < -0.3 is 19.5 Å². The molecule has 0 bridgehead atoms.